The quantitative estimate of drug-likeness (QED) is 0.659. The summed E-state index contributed by atoms with van der Waals surface area (Å²) < 4.78 is 21.4. The lowest BCUT2D eigenvalue weighted by atomic mass is 10.1. The van der Waals surface area contributed by atoms with Gasteiger partial charge >= 0.3 is 0 Å². The molecule has 1 amide bonds. The van der Waals surface area contributed by atoms with Crippen LogP contribution in [0, 0.1) is 0 Å². The van der Waals surface area contributed by atoms with Crippen LogP contribution in [0.25, 0.3) is 0 Å². The van der Waals surface area contributed by atoms with Crippen molar-refractivity contribution in [3.63, 3.8) is 0 Å². The van der Waals surface area contributed by atoms with Gasteiger partial charge in [0.2, 0.25) is 0 Å². The van der Waals surface area contributed by atoms with Crippen molar-refractivity contribution < 1.29 is 23.4 Å². The average molecular weight is 347 g/mol. The third-order valence-electron chi connectivity index (χ3n) is 3.60. The fourth-order valence-electron chi connectivity index (χ4n) is 2.42. The second-order valence-corrected chi connectivity index (χ2v) is 5.38. The van der Waals surface area contributed by atoms with Gasteiger partial charge in [0, 0.05) is 31.3 Å². The Morgan fingerprint density at radius 3 is 2.52 bits per heavy atom. The highest BCUT2D eigenvalue weighted by Gasteiger charge is 2.18. The highest BCUT2D eigenvalue weighted by atomic mass is 16.5. The maximum absolute atomic E-state index is 12.9. The highest BCUT2D eigenvalue weighted by molar-refractivity contribution is 5.95. The molecule has 0 saturated carbocycles. The van der Waals surface area contributed by atoms with Crippen molar-refractivity contribution in [3.8, 4) is 11.5 Å². The van der Waals surface area contributed by atoms with Crippen molar-refractivity contribution in [1.82, 2.24) is 4.90 Å². The second-order valence-electron chi connectivity index (χ2n) is 5.38. The molecule has 0 saturated heterocycles. The van der Waals surface area contributed by atoms with Crippen LogP contribution in [0.3, 0.4) is 0 Å². The zero-order valence-electron chi connectivity index (χ0n) is 15.0. The van der Waals surface area contributed by atoms with E-state index in [1.165, 1.54) is 0 Å². The third-order valence-corrected chi connectivity index (χ3v) is 3.60. The zero-order valence-corrected chi connectivity index (χ0v) is 15.0. The molecule has 0 aliphatic rings. The molecule has 0 aliphatic heterocycles. The number of nitrogens with zero attached hydrogens (tertiary/aromatic N) is 1. The molecule has 2 rings (SSSR count). The molecule has 0 spiro atoms. The smallest absolute Gasteiger partial charge is 0.254 e. The second kappa shape index (κ2) is 9.74. The molecule has 0 atom stereocenters. The molecule has 1 aromatic heterocycles. The first-order chi connectivity index (χ1) is 12.2. The van der Waals surface area contributed by atoms with Gasteiger partial charge in [-0.1, -0.05) is 0 Å². The molecule has 25 heavy (non-hydrogen) atoms. The van der Waals surface area contributed by atoms with Crippen molar-refractivity contribution in [2.45, 2.75) is 20.4 Å². The number of amides is 1. The number of hydrogen-bond donors (Lipinski definition) is 0. The third kappa shape index (κ3) is 5.26. The summed E-state index contributed by atoms with van der Waals surface area (Å²) in [6.45, 7) is 6.24. The summed E-state index contributed by atoms with van der Waals surface area (Å²) in [5, 5.41) is 0. The van der Waals surface area contributed by atoms with E-state index >= 15 is 0 Å². The van der Waals surface area contributed by atoms with Crippen molar-refractivity contribution in [2.75, 3.05) is 33.5 Å². The molecular weight excluding hydrogens is 322 g/mol. The molecule has 0 N–H and O–H groups in total. The molecule has 6 nitrogen and oxygen atoms in total. The van der Waals surface area contributed by atoms with E-state index in [0.717, 1.165) is 5.56 Å². The first-order valence-corrected chi connectivity index (χ1v) is 8.38. The number of carbonyl (C=O) groups excluding carboxylic acids is 1. The molecule has 0 fully saturated rings. The molecule has 0 aliphatic carbocycles. The standard InChI is InChI=1S/C19H25NO5/c1-4-24-17-7-6-16(12-18(17)25-5-2)19(21)20(9-11-22-3)13-15-8-10-23-14-15/h6-8,10,12,14H,4-5,9,11,13H2,1-3H3. The number of hydrogen-bond acceptors (Lipinski definition) is 5. The van der Waals surface area contributed by atoms with Crippen LogP contribution in [0.15, 0.2) is 41.2 Å². The van der Waals surface area contributed by atoms with Crippen molar-refractivity contribution in [2.24, 2.45) is 0 Å². The van der Waals surface area contributed by atoms with E-state index in [-0.39, 0.29) is 5.91 Å². The molecule has 6 heteroatoms. The summed E-state index contributed by atoms with van der Waals surface area (Å²) in [4.78, 5) is 14.7. The molecule has 2 aromatic rings. The maximum atomic E-state index is 12.9. The van der Waals surface area contributed by atoms with E-state index in [2.05, 4.69) is 0 Å². The molecule has 136 valence electrons. The van der Waals surface area contributed by atoms with Gasteiger partial charge in [0.1, 0.15) is 0 Å². The predicted molar refractivity (Wildman–Crippen MR) is 94.1 cm³/mol. The van der Waals surface area contributed by atoms with E-state index < -0.39 is 0 Å². The monoisotopic (exact) mass is 347 g/mol. The van der Waals surface area contributed by atoms with Gasteiger partial charge < -0.3 is 23.5 Å². The predicted octanol–water partition coefficient (Wildman–Crippen LogP) is 3.37. The normalized spacial score (nSPS) is 10.5. The van der Waals surface area contributed by atoms with Gasteiger partial charge in [-0.3, -0.25) is 4.79 Å². The fraction of sp³-hybridized carbons (Fsp3) is 0.421. The molecule has 0 unspecified atom stereocenters. The molecular formula is C19H25NO5. The SMILES string of the molecule is CCOc1ccc(C(=O)N(CCOC)Cc2ccoc2)cc1OCC. The lowest BCUT2D eigenvalue weighted by molar-refractivity contribution is 0.0679. The Balaban J connectivity index is 2.22. The van der Waals surface area contributed by atoms with Crippen molar-refractivity contribution in [1.29, 1.82) is 0 Å². The van der Waals surface area contributed by atoms with Gasteiger partial charge in [-0.05, 0) is 38.1 Å². The Morgan fingerprint density at radius 1 is 1.12 bits per heavy atom. The molecule has 1 aromatic carbocycles. The van der Waals surface area contributed by atoms with Crippen LogP contribution in [-0.2, 0) is 11.3 Å². The largest absolute Gasteiger partial charge is 0.490 e. The lowest BCUT2D eigenvalue weighted by Crippen LogP contribution is -2.33. The van der Waals surface area contributed by atoms with Gasteiger partial charge in [0.25, 0.3) is 5.91 Å². The van der Waals surface area contributed by atoms with Gasteiger partial charge in [0.05, 0.1) is 32.3 Å². The van der Waals surface area contributed by atoms with E-state index in [1.807, 2.05) is 19.9 Å². The van der Waals surface area contributed by atoms with Crippen LogP contribution < -0.4 is 9.47 Å². The topological polar surface area (TPSA) is 61.1 Å². The van der Waals surface area contributed by atoms with Gasteiger partial charge in [-0.2, -0.15) is 0 Å². The molecule has 1 heterocycles. The summed E-state index contributed by atoms with van der Waals surface area (Å²) in [7, 11) is 1.62. The first-order valence-electron chi connectivity index (χ1n) is 8.38. The van der Waals surface area contributed by atoms with Crippen LogP contribution in [0.4, 0.5) is 0 Å². The maximum Gasteiger partial charge on any atom is 0.254 e. The van der Waals surface area contributed by atoms with E-state index in [1.54, 1.807) is 42.7 Å². The minimum atomic E-state index is -0.0951. The van der Waals surface area contributed by atoms with Crippen LogP contribution >= 0.6 is 0 Å². The molecule has 0 radical (unpaired) electrons. The van der Waals surface area contributed by atoms with Crippen LogP contribution in [0.5, 0.6) is 11.5 Å². The minimum Gasteiger partial charge on any atom is -0.490 e. The average Bonchev–Trinajstić information content (AvgIpc) is 3.13. The Hall–Kier alpha value is -2.47. The van der Waals surface area contributed by atoms with Crippen LogP contribution in [-0.4, -0.2) is 44.3 Å². The Labute approximate surface area is 148 Å². The Kier molecular flexibility index (Phi) is 7.35. The number of methoxy groups -OCH3 is 1. The minimum absolute atomic E-state index is 0.0951. The highest BCUT2D eigenvalue weighted by Crippen LogP contribution is 2.29. The summed E-state index contributed by atoms with van der Waals surface area (Å²) in [5.41, 5.74) is 1.48. The number of benzene rings is 1. The molecule has 0 bridgehead atoms. The number of furan rings is 1. The van der Waals surface area contributed by atoms with E-state index in [4.69, 9.17) is 18.6 Å². The van der Waals surface area contributed by atoms with Gasteiger partial charge in [-0.25, -0.2) is 0 Å². The Morgan fingerprint density at radius 2 is 1.88 bits per heavy atom. The van der Waals surface area contributed by atoms with Crippen LogP contribution in [0.1, 0.15) is 29.8 Å². The Bertz CT molecular complexity index is 654. The van der Waals surface area contributed by atoms with Gasteiger partial charge in [-0.15, -0.1) is 0 Å². The van der Waals surface area contributed by atoms with E-state index in [0.29, 0.717) is 50.0 Å². The summed E-state index contributed by atoms with van der Waals surface area (Å²) >= 11 is 0. The first kappa shape index (κ1) is 18.9. The van der Waals surface area contributed by atoms with Crippen molar-refractivity contribution >= 4 is 5.91 Å². The summed E-state index contributed by atoms with van der Waals surface area (Å²) in [6.07, 6.45) is 3.23. The number of rotatable bonds is 10. The van der Waals surface area contributed by atoms with Crippen molar-refractivity contribution in [3.05, 3.63) is 47.9 Å². The number of ether oxygens (including phenoxy) is 3. The zero-order chi connectivity index (χ0) is 18.1. The fourth-order valence-corrected chi connectivity index (χ4v) is 2.42. The summed E-state index contributed by atoms with van der Waals surface area (Å²) in [6, 6.07) is 7.10. The van der Waals surface area contributed by atoms with E-state index in [9.17, 15) is 4.79 Å². The number of carbonyl (C=O) groups is 1. The summed E-state index contributed by atoms with van der Waals surface area (Å²) in [5.74, 6) is 1.12. The lowest BCUT2D eigenvalue weighted by Gasteiger charge is -2.22. The van der Waals surface area contributed by atoms with Crippen LogP contribution in [0.2, 0.25) is 0 Å². The van der Waals surface area contributed by atoms with Gasteiger partial charge in [0.15, 0.2) is 11.5 Å².